The highest BCUT2D eigenvalue weighted by molar-refractivity contribution is 6.38. The number of phenols is 1. The first kappa shape index (κ1) is 47.4. The van der Waals surface area contributed by atoms with Gasteiger partial charge < -0.3 is 25.2 Å². The molecule has 0 fully saturated rings. The van der Waals surface area contributed by atoms with Crippen molar-refractivity contribution >= 4 is 80.9 Å². The SMILES string of the molecule is CCCCCCCCCCCCC(Oc1ccc(O)c(C(C)(C)C)c1)C(=O)Nc1cc(Cl)c(-n2[nH]c(Nc3ccc(Cl)cc3Cl)c(N=Nc3ccc(OC)cc3)c2=O)c(Cl)c1. The number of hydrogen-bond acceptors (Lipinski definition) is 8. The number of hydrogen-bond donors (Lipinski definition) is 4. The van der Waals surface area contributed by atoms with Gasteiger partial charge in [0.15, 0.2) is 17.6 Å². The predicted octanol–water partition coefficient (Wildman–Crippen LogP) is 14.6. The van der Waals surface area contributed by atoms with Gasteiger partial charge in [0.25, 0.3) is 5.91 Å². The number of anilines is 3. The lowest BCUT2D eigenvalue weighted by molar-refractivity contribution is -0.123. The molecule has 0 aliphatic rings. The Morgan fingerprint density at radius 2 is 1.43 bits per heavy atom. The van der Waals surface area contributed by atoms with E-state index in [0.717, 1.165) is 30.4 Å². The molecule has 4 N–H and O–H groups in total. The van der Waals surface area contributed by atoms with Crippen LogP contribution in [0.1, 0.15) is 104 Å². The van der Waals surface area contributed by atoms with Gasteiger partial charge in [0.1, 0.15) is 22.9 Å². The number of H-pyrrole nitrogens is 1. The van der Waals surface area contributed by atoms with Crippen molar-refractivity contribution in [1.29, 1.82) is 0 Å². The first-order valence-corrected chi connectivity index (χ1v) is 22.1. The van der Waals surface area contributed by atoms with E-state index in [-0.39, 0.29) is 38.4 Å². The number of aromatic hydroxyl groups is 1. The number of rotatable bonds is 21. The van der Waals surface area contributed by atoms with Gasteiger partial charge in [-0.25, -0.2) is 4.68 Å². The molecule has 1 unspecified atom stereocenters. The summed E-state index contributed by atoms with van der Waals surface area (Å²) in [4.78, 5) is 28.1. The van der Waals surface area contributed by atoms with Gasteiger partial charge in [-0.15, -0.1) is 5.11 Å². The molecule has 1 aromatic heterocycles. The van der Waals surface area contributed by atoms with E-state index < -0.39 is 17.6 Å². The van der Waals surface area contributed by atoms with E-state index in [1.54, 1.807) is 67.8 Å². The number of aromatic amines is 1. The van der Waals surface area contributed by atoms with Crippen LogP contribution in [0, 0.1) is 0 Å². The average Bonchev–Trinajstić information content (AvgIpc) is 3.51. The smallest absolute Gasteiger partial charge is 0.301 e. The molecule has 0 bridgehead atoms. The molecule has 15 heteroatoms. The lowest BCUT2D eigenvalue weighted by Gasteiger charge is -2.23. The maximum atomic E-state index is 14.1. The van der Waals surface area contributed by atoms with E-state index in [4.69, 9.17) is 55.9 Å². The standard InChI is InChI=1S/C46H54Cl4N6O5/c1-6-7-8-9-10-11-12-13-14-15-16-40(61-33-22-24-39(57)34(28-33)46(2,3)4)44(58)51-31-26-36(49)42(37(50)27-31)56-45(59)41(54-53-30-18-20-32(60-5)21-19-30)43(55-56)52-38-23-17-29(47)25-35(38)48/h17-28,40,52,55,57H,6-16H2,1-5H3,(H,51,58). The van der Waals surface area contributed by atoms with E-state index in [0.29, 0.717) is 50.6 Å². The van der Waals surface area contributed by atoms with Crippen molar-refractivity contribution < 1.29 is 19.4 Å². The van der Waals surface area contributed by atoms with Crippen molar-refractivity contribution in [2.75, 3.05) is 17.7 Å². The number of aromatic nitrogens is 2. The fourth-order valence-corrected chi connectivity index (χ4v) is 7.85. The molecule has 5 aromatic rings. The molecule has 61 heavy (non-hydrogen) atoms. The van der Waals surface area contributed by atoms with Crippen LogP contribution in [-0.2, 0) is 10.2 Å². The number of carbonyl (C=O) groups excluding carboxylic acids is 1. The molecule has 0 saturated carbocycles. The Balaban J connectivity index is 1.39. The molecule has 1 amide bonds. The van der Waals surface area contributed by atoms with Crippen molar-refractivity contribution in [3.63, 3.8) is 0 Å². The Morgan fingerprint density at radius 3 is 2.03 bits per heavy atom. The van der Waals surface area contributed by atoms with Gasteiger partial charge in [-0.3, -0.25) is 14.7 Å². The molecular weight excluding hydrogens is 858 g/mol. The van der Waals surface area contributed by atoms with Gasteiger partial charge in [-0.05, 0) is 91.1 Å². The quantitative estimate of drug-likeness (QED) is 0.0426. The number of azo groups is 1. The normalized spacial score (nSPS) is 12.1. The summed E-state index contributed by atoms with van der Waals surface area (Å²) in [6, 6.07) is 19.7. The van der Waals surface area contributed by atoms with Crippen molar-refractivity contribution in [3.05, 3.63) is 109 Å². The highest BCUT2D eigenvalue weighted by Gasteiger charge is 2.25. The maximum Gasteiger partial charge on any atom is 0.301 e. The maximum absolute atomic E-state index is 14.1. The third-order valence-electron chi connectivity index (χ3n) is 10.1. The van der Waals surface area contributed by atoms with Gasteiger partial charge in [-0.2, -0.15) is 5.11 Å². The largest absolute Gasteiger partial charge is 0.508 e. The summed E-state index contributed by atoms with van der Waals surface area (Å²) in [6.45, 7) is 8.22. The number of ether oxygens (including phenoxy) is 2. The Bertz CT molecular complexity index is 2320. The summed E-state index contributed by atoms with van der Waals surface area (Å²) >= 11 is 26.3. The molecular formula is C46H54Cl4N6O5. The second-order valence-corrected chi connectivity index (χ2v) is 17.6. The van der Waals surface area contributed by atoms with Crippen molar-refractivity contribution in [2.24, 2.45) is 10.2 Å². The third-order valence-corrected chi connectivity index (χ3v) is 11.2. The molecule has 0 radical (unpaired) electrons. The van der Waals surface area contributed by atoms with Crippen LogP contribution in [0.3, 0.4) is 0 Å². The molecule has 4 aromatic carbocycles. The number of benzene rings is 4. The number of amides is 1. The van der Waals surface area contributed by atoms with Crippen LogP contribution >= 0.6 is 46.4 Å². The minimum Gasteiger partial charge on any atom is -0.508 e. The molecule has 0 aliphatic heterocycles. The zero-order chi connectivity index (χ0) is 44.1. The number of carbonyl (C=O) groups is 1. The number of nitrogens with one attached hydrogen (secondary N) is 3. The second-order valence-electron chi connectivity index (χ2n) is 15.9. The topological polar surface area (TPSA) is 142 Å². The van der Waals surface area contributed by atoms with Crippen molar-refractivity contribution in [2.45, 2.75) is 110 Å². The minimum atomic E-state index is -0.860. The number of halogens is 4. The van der Waals surface area contributed by atoms with Crippen molar-refractivity contribution in [3.8, 4) is 22.9 Å². The molecule has 0 saturated heterocycles. The summed E-state index contributed by atoms with van der Waals surface area (Å²) in [5, 5.41) is 29.0. The molecule has 5 rings (SSSR count). The highest BCUT2D eigenvalue weighted by atomic mass is 35.5. The Morgan fingerprint density at radius 1 is 0.803 bits per heavy atom. The molecule has 11 nitrogen and oxygen atoms in total. The first-order valence-electron chi connectivity index (χ1n) is 20.6. The second kappa shape index (κ2) is 22.4. The lowest BCUT2D eigenvalue weighted by atomic mass is 9.86. The summed E-state index contributed by atoms with van der Waals surface area (Å²) < 4.78 is 12.7. The molecule has 0 aliphatic carbocycles. The van der Waals surface area contributed by atoms with Gasteiger partial charge in [0, 0.05) is 16.3 Å². The van der Waals surface area contributed by atoms with Gasteiger partial charge >= 0.3 is 5.56 Å². The van der Waals surface area contributed by atoms with E-state index in [1.807, 2.05) is 20.8 Å². The molecule has 326 valence electrons. The van der Waals surface area contributed by atoms with Gasteiger partial charge in [-0.1, -0.05) is 132 Å². The monoisotopic (exact) mass is 910 g/mol. The van der Waals surface area contributed by atoms with Crippen LogP contribution in [0.4, 0.5) is 28.6 Å². The van der Waals surface area contributed by atoms with Crippen LogP contribution in [0.15, 0.2) is 87.8 Å². The molecule has 1 atom stereocenters. The third kappa shape index (κ3) is 13.4. The van der Waals surface area contributed by atoms with E-state index in [1.165, 1.54) is 50.7 Å². The summed E-state index contributed by atoms with van der Waals surface area (Å²) in [5.74, 6) is 1.01. The van der Waals surface area contributed by atoms with Crippen molar-refractivity contribution in [1.82, 2.24) is 9.78 Å². The van der Waals surface area contributed by atoms with E-state index in [9.17, 15) is 14.7 Å². The van der Waals surface area contributed by atoms with Crippen LogP contribution in [0.5, 0.6) is 17.2 Å². The number of phenolic OH excluding ortho intramolecular Hbond substituents is 1. The van der Waals surface area contributed by atoms with Gasteiger partial charge in [0.2, 0.25) is 0 Å². The predicted molar refractivity (Wildman–Crippen MR) is 250 cm³/mol. The van der Waals surface area contributed by atoms with Gasteiger partial charge in [0.05, 0.1) is 33.6 Å². The molecule has 0 spiro atoms. The lowest BCUT2D eigenvalue weighted by Crippen LogP contribution is -2.33. The summed E-state index contributed by atoms with van der Waals surface area (Å²) in [7, 11) is 1.56. The average molecular weight is 913 g/mol. The minimum absolute atomic E-state index is 0.0568. The zero-order valence-electron chi connectivity index (χ0n) is 35.2. The number of unbranched alkanes of at least 4 members (excludes halogenated alkanes) is 9. The molecule has 1 heterocycles. The van der Waals surface area contributed by atoms with Crippen LogP contribution in [0.2, 0.25) is 20.1 Å². The van der Waals surface area contributed by atoms with Crippen LogP contribution in [-0.4, -0.2) is 34.0 Å². The van der Waals surface area contributed by atoms with Crippen LogP contribution in [0.25, 0.3) is 5.69 Å². The Hall–Kier alpha value is -4.68. The van der Waals surface area contributed by atoms with E-state index in [2.05, 4.69) is 32.9 Å². The summed E-state index contributed by atoms with van der Waals surface area (Å²) in [5.41, 5.74) is 0.944. The first-order chi connectivity index (χ1) is 29.2. The number of nitrogens with zero attached hydrogens (tertiary/aromatic N) is 3. The fraction of sp³-hybridized carbons (Fsp3) is 0.391. The fourth-order valence-electron chi connectivity index (χ4n) is 6.74. The van der Waals surface area contributed by atoms with Crippen LogP contribution < -0.4 is 25.7 Å². The highest BCUT2D eigenvalue weighted by Crippen LogP contribution is 2.37. The summed E-state index contributed by atoms with van der Waals surface area (Å²) in [6.07, 6.45) is 11.1. The Kier molecular flexibility index (Phi) is 17.4. The Labute approximate surface area is 377 Å². The number of methoxy groups -OCH3 is 1. The zero-order valence-corrected chi connectivity index (χ0v) is 38.2. The van der Waals surface area contributed by atoms with E-state index >= 15 is 0 Å².